The average molecular weight is 351 g/mol. The minimum Gasteiger partial charge on any atom is -0.371 e. The molecule has 3 atom stereocenters. The van der Waals surface area contributed by atoms with Gasteiger partial charge < -0.3 is 14.5 Å². The third-order valence-electron chi connectivity index (χ3n) is 5.29. The molecule has 2 saturated heterocycles. The standard InChI is InChI=1S/C20H21N3O3/c1-26-18-16-12-22(19(24)15-8-5-9-21-10-15)13-17(16)23(20(18)25)11-14-6-3-2-4-7-14/h2-10,16-18H,11-13H2,1H3/t16-,17+,18-/m0/s1. The summed E-state index contributed by atoms with van der Waals surface area (Å²) in [6.45, 7) is 1.58. The van der Waals surface area contributed by atoms with Crippen LogP contribution in [0.15, 0.2) is 54.9 Å². The van der Waals surface area contributed by atoms with E-state index in [1.807, 2.05) is 40.1 Å². The molecule has 1 aromatic carbocycles. The minimum atomic E-state index is -0.490. The molecule has 4 rings (SSSR count). The van der Waals surface area contributed by atoms with Crippen molar-refractivity contribution >= 4 is 11.8 Å². The highest BCUT2D eigenvalue weighted by Gasteiger charge is 2.53. The van der Waals surface area contributed by atoms with Crippen LogP contribution in [0.1, 0.15) is 15.9 Å². The van der Waals surface area contributed by atoms with Crippen molar-refractivity contribution in [2.45, 2.75) is 18.7 Å². The summed E-state index contributed by atoms with van der Waals surface area (Å²) >= 11 is 0. The molecule has 26 heavy (non-hydrogen) atoms. The van der Waals surface area contributed by atoms with Crippen LogP contribution in [-0.4, -0.2) is 58.9 Å². The van der Waals surface area contributed by atoms with Crippen LogP contribution in [-0.2, 0) is 16.1 Å². The van der Waals surface area contributed by atoms with Crippen LogP contribution in [0.25, 0.3) is 0 Å². The van der Waals surface area contributed by atoms with Crippen molar-refractivity contribution < 1.29 is 14.3 Å². The average Bonchev–Trinajstić information content (AvgIpc) is 3.21. The third kappa shape index (κ3) is 2.86. The third-order valence-corrected chi connectivity index (χ3v) is 5.29. The molecule has 0 spiro atoms. The summed E-state index contributed by atoms with van der Waals surface area (Å²) in [4.78, 5) is 33.3. The Morgan fingerprint density at radius 3 is 2.69 bits per heavy atom. The first kappa shape index (κ1) is 16.7. The fraction of sp³-hybridized carbons (Fsp3) is 0.350. The first-order chi connectivity index (χ1) is 12.7. The number of carbonyl (C=O) groups excluding carboxylic acids is 2. The second kappa shape index (κ2) is 6.88. The molecule has 2 aliphatic heterocycles. The van der Waals surface area contributed by atoms with E-state index >= 15 is 0 Å². The van der Waals surface area contributed by atoms with Gasteiger partial charge in [0.2, 0.25) is 0 Å². The quantitative estimate of drug-likeness (QED) is 0.839. The van der Waals surface area contributed by atoms with E-state index in [1.165, 1.54) is 0 Å². The number of ether oxygens (including phenoxy) is 1. The van der Waals surface area contributed by atoms with Gasteiger partial charge in [-0.05, 0) is 17.7 Å². The van der Waals surface area contributed by atoms with E-state index < -0.39 is 6.10 Å². The zero-order valence-electron chi connectivity index (χ0n) is 14.6. The van der Waals surface area contributed by atoms with Crippen LogP contribution >= 0.6 is 0 Å². The molecule has 6 nitrogen and oxygen atoms in total. The Labute approximate surface area is 152 Å². The van der Waals surface area contributed by atoms with Crippen molar-refractivity contribution in [3.8, 4) is 0 Å². The van der Waals surface area contributed by atoms with Gasteiger partial charge in [0.15, 0.2) is 0 Å². The zero-order valence-corrected chi connectivity index (χ0v) is 14.6. The number of benzene rings is 1. The van der Waals surface area contributed by atoms with Crippen molar-refractivity contribution in [3.05, 3.63) is 66.0 Å². The second-order valence-electron chi connectivity index (χ2n) is 6.79. The van der Waals surface area contributed by atoms with E-state index in [4.69, 9.17) is 4.74 Å². The predicted molar refractivity (Wildman–Crippen MR) is 95.2 cm³/mol. The first-order valence-electron chi connectivity index (χ1n) is 8.75. The van der Waals surface area contributed by atoms with Gasteiger partial charge >= 0.3 is 0 Å². The Balaban J connectivity index is 1.55. The number of hydrogen-bond donors (Lipinski definition) is 0. The number of aromatic nitrogens is 1. The van der Waals surface area contributed by atoms with Crippen molar-refractivity contribution in [1.82, 2.24) is 14.8 Å². The molecule has 6 heteroatoms. The second-order valence-corrected chi connectivity index (χ2v) is 6.79. The SMILES string of the molecule is CO[C@@H]1C(=O)N(Cc2ccccc2)[C@@H]2CN(C(=O)c3cccnc3)C[C@H]12. The Hall–Kier alpha value is -2.73. The molecule has 2 amide bonds. The van der Waals surface area contributed by atoms with E-state index in [9.17, 15) is 9.59 Å². The summed E-state index contributed by atoms with van der Waals surface area (Å²) in [7, 11) is 1.57. The largest absolute Gasteiger partial charge is 0.371 e. The lowest BCUT2D eigenvalue weighted by Crippen LogP contribution is -2.40. The highest BCUT2D eigenvalue weighted by molar-refractivity contribution is 5.94. The number of pyridine rings is 1. The molecule has 0 unspecified atom stereocenters. The molecule has 2 fully saturated rings. The molecule has 2 aliphatic rings. The normalized spacial score (nSPS) is 24.8. The summed E-state index contributed by atoms with van der Waals surface area (Å²) in [5.74, 6) is -0.0360. The Bertz CT molecular complexity index is 796. The summed E-state index contributed by atoms with van der Waals surface area (Å²) < 4.78 is 5.50. The summed E-state index contributed by atoms with van der Waals surface area (Å²) in [5.41, 5.74) is 1.65. The lowest BCUT2D eigenvalue weighted by Gasteiger charge is -2.25. The number of amides is 2. The minimum absolute atomic E-state index is 0.00293. The van der Waals surface area contributed by atoms with Gasteiger partial charge in [-0.25, -0.2) is 0 Å². The van der Waals surface area contributed by atoms with Gasteiger partial charge in [-0.15, -0.1) is 0 Å². The van der Waals surface area contributed by atoms with Gasteiger partial charge in [-0.3, -0.25) is 14.6 Å². The molecular weight excluding hydrogens is 330 g/mol. The van der Waals surface area contributed by atoms with E-state index in [0.717, 1.165) is 5.56 Å². The van der Waals surface area contributed by atoms with E-state index in [1.54, 1.807) is 31.6 Å². The van der Waals surface area contributed by atoms with Gasteiger partial charge in [0.25, 0.3) is 11.8 Å². The molecule has 2 aromatic rings. The smallest absolute Gasteiger partial charge is 0.255 e. The summed E-state index contributed by atoms with van der Waals surface area (Å²) in [6.07, 6.45) is 2.74. The van der Waals surface area contributed by atoms with Gasteiger partial charge in [0.05, 0.1) is 11.6 Å². The maximum Gasteiger partial charge on any atom is 0.255 e. The maximum atomic E-state index is 12.8. The Morgan fingerprint density at radius 2 is 2.00 bits per heavy atom. The van der Waals surface area contributed by atoms with Gasteiger partial charge in [0.1, 0.15) is 6.10 Å². The summed E-state index contributed by atoms with van der Waals surface area (Å²) in [5, 5.41) is 0. The predicted octanol–water partition coefficient (Wildman–Crippen LogP) is 1.58. The first-order valence-corrected chi connectivity index (χ1v) is 8.75. The van der Waals surface area contributed by atoms with Crippen LogP contribution in [0.5, 0.6) is 0 Å². The molecular formula is C20H21N3O3. The fourth-order valence-electron chi connectivity index (χ4n) is 4.04. The van der Waals surface area contributed by atoms with Crippen LogP contribution < -0.4 is 0 Å². The lowest BCUT2D eigenvalue weighted by molar-refractivity contribution is -0.138. The molecule has 3 heterocycles. The molecule has 0 radical (unpaired) electrons. The monoisotopic (exact) mass is 351 g/mol. The number of rotatable bonds is 4. The highest BCUT2D eigenvalue weighted by Crippen LogP contribution is 2.35. The van der Waals surface area contributed by atoms with Crippen molar-refractivity contribution in [3.63, 3.8) is 0 Å². The number of nitrogens with zero attached hydrogens (tertiary/aromatic N) is 3. The van der Waals surface area contributed by atoms with Crippen molar-refractivity contribution in [1.29, 1.82) is 0 Å². The van der Waals surface area contributed by atoms with Crippen LogP contribution in [0.2, 0.25) is 0 Å². The van der Waals surface area contributed by atoms with Gasteiger partial charge in [-0.2, -0.15) is 0 Å². The summed E-state index contributed by atoms with van der Waals surface area (Å²) in [6, 6.07) is 13.4. The van der Waals surface area contributed by atoms with Crippen molar-refractivity contribution in [2.75, 3.05) is 20.2 Å². The molecule has 0 bridgehead atoms. The van der Waals surface area contributed by atoms with E-state index in [0.29, 0.717) is 25.2 Å². The number of methoxy groups -OCH3 is 1. The van der Waals surface area contributed by atoms with Crippen LogP contribution in [0.3, 0.4) is 0 Å². The number of likely N-dealkylation sites (tertiary alicyclic amines) is 2. The van der Waals surface area contributed by atoms with E-state index in [2.05, 4.69) is 4.98 Å². The van der Waals surface area contributed by atoms with Crippen LogP contribution in [0.4, 0.5) is 0 Å². The van der Waals surface area contributed by atoms with E-state index in [-0.39, 0.29) is 23.8 Å². The molecule has 0 saturated carbocycles. The number of carbonyl (C=O) groups is 2. The molecule has 1 aromatic heterocycles. The maximum absolute atomic E-state index is 12.8. The number of hydrogen-bond acceptors (Lipinski definition) is 4. The molecule has 0 aliphatic carbocycles. The van der Waals surface area contributed by atoms with Crippen LogP contribution in [0, 0.1) is 5.92 Å². The fourth-order valence-corrected chi connectivity index (χ4v) is 4.04. The lowest BCUT2D eigenvalue weighted by atomic mass is 10.0. The van der Waals surface area contributed by atoms with Gasteiger partial charge in [-0.1, -0.05) is 30.3 Å². The zero-order chi connectivity index (χ0) is 18.1. The highest BCUT2D eigenvalue weighted by atomic mass is 16.5. The Morgan fingerprint density at radius 1 is 1.19 bits per heavy atom. The van der Waals surface area contributed by atoms with Gasteiger partial charge in [0, 0.05) is 45.1 Å². The molecule has 134 valence electrons. The Kier molecular flexibility index (Phi) is 4.42. The van der Waals surface area contributed by atoms with Crippen molar-refractivity contribution in [2.24, 2.45) is 5.92 Å². The topological polar surface area (TPSA) is 62.7 Å². The molecule has 0 N–H and O–H groups in total. The number of fused-ring (bicyclic) bond motifs is 1.